The van der Waals surface area contributed by atoms with Crippen LogP contribution >= 0.6 is 34.9 Å². The quantitative estimate of drug-likeness (QED) is 0.192. The molecule has 2 atom stereocenters. The second kappa shape index (κ2) is 9.21. The Morgan fingerprint density at radius 3 is 2.91 bits per heavy atom. The van der Waals surface area contributed by atoms with E-state index in [2.05, 4.69) is 25.8 Å². The van der Waals surface area contributed by atoms with Gasteiger partial charge >= 0.3 is 5.97 Å². The number of carboxylic acids is 1. The Bertz CT molecular complexity index is 1240. The molecule has 1 saturated heterocycles. The zero-order chi connectivity index (χ0) is 23.7. The van der Waals surface area contributed by atoms with Crippen molar-refractivity contribution < 1.29 is 19.5 Å². The number of carbonyl (C=O) groups is 3. The molecule has 170 valence electrons. The van der Waals surface area contributed by atoms with E-state index < -0.39 is 29.2 Å². The lowest BCUT2D eigenvalue weighted by molar-refractivity contribution is -0.150. The molecule has 1 fully saturated rings. The fraction of sp³-hybridized carbons (Fsp3) is 0.294. The number of thiazole rings is 1. The van der Waals surface area contributed by atoms with Crippen LogP contribution in [-0.2, 0) is 21.4 Å². The maximum atomic E-state index is 12.8. The van der Waals surface area contributed by atoms with Gasteiger partial charge in [0.15, 0.2) is 5.13 Å². The fourth-order valence-corrected chi connectivity index (χ4v) is 6.14. The maximum Gasteiger partial charge on any atom is 0.352 e. The van der Waals surface area contributed by atoms with E-state index in [-0.39, 0.29) is 27.8 Å². The number of fused-ring (bicyclic) bond motifs is 1. The van der Waals surface area contributed by atoms with Crippen molar-refractivity contribution in [1.29, 1.82) is 5.26 Å². The summed E-state index contributed by atoms with van der Waals surface area (Å²) in [7, 11) is 1.67. The number of tetrazole rings is 1. The molecule has 0 spiro atoms. The molecule has 4 N–H and O–H groups in total. The van der Waals surface area contributed by atoms with E-state index in [4.69, 9.17) is 11.0 Å². The van der Waals surface area contributed by atoms with Crippen LogP contribution in [0, 0.1) is 11.3 Å². The van der Waals surface area contributed by atoms with Crippen LogP contribution < -0.4 is 11.1 Å². The number of thioether (sulfide) groups is 2. The Kier molecular flexibility index (Phi) is 6.35. The summed E-state index contributed by atoms with van der Waals surface area (Å²) in [6, 6.07) is 0.850. The van der Waals surface area contributed by atoms with E-state index in [0.717, 1.165) is 17.4 Å². The second-order valence-electron chi connectivity index (χ2n) is 6.75. The smallest absolute Gasteiger partial charge is 0.352 e. The summed E-state index contributed by atoms with van der Waals surface area (Å²) in [4.78, 5) is 42.8. The van der Waals surface area contributed by atoms with Gasteiger partial charge in [0.2, 0.25) is 5.16 Å². The summed E-state index contributed by atoms with van der Waals surface area (Å²) >= 11 is 3.71. The van der Waals surface area contributed by atoms with Crippen LogP contribution in [0.3, 0.4) is 0 Å². The minimum Gasteiger partial charge on any atom is -0.477 e. The number of hydrogen-bond donors (Lipinski definition) is 3. The number of nitrogen functional groups attached to an aromatic ring is 1. The minimum absolute atomic E-state index is 0.0270. The van der Waals surface area contributed by atoms with Crippen molar-refractivity contribution in [3.8, 4) is 6.07 Å². The monoisotopic (exact) mass is 505 g/mol. The lowest BCUT2D eigenvalue weighted by Gasteiger charge is -2.49. The molecule has 0 aromatic carbocycles. The first-order valence-corrected chi connectivity index (χ1v) is 12.1. The van der Waals surface area contributed by atoms with Crippen LogP contribution in [0.5, 0.6) is 0 Å². The van der Waals surface area contributed by atoms with Crippen LogP contribution in [0.2, 0.25) is 0 Å². The molecule has 4 rings (SSSR count). The van der Waals surface area contributed by atoms with Crippen molar-refractivity contribution in [2.24, 2.45) is 7.05 Å². The third-order valence-electron chi connectivity index (χ3n) is 4.74. The number of nitrogens with zero attached hydrogens (tertiary/aromatic N) is 7. The molecule has 2 aromatic rings. The Hall–Kier alpha value is -3.42. The highest BCUT2D eigenvalue weighted by Crippen LogP contribution is 2.41. The number of anilines is 1. The van der Waals surface area contributed by atoms with Crippen LogP contribution in [0.15, 0.2) is 27.9 Å². The second-order valence-corrected chi connectivity index (χ2v) is 9.69. The van der Waals surface area contributed by atoms with Crippen molar-refractivity contribution in [2.75, 3.05) is 17.2 Å². The molecule has 1 unspecified atom stereocenters. The van der Waals surface area contributed by atoms with Gasteiger partial charge in [-0.2, -0.15) is 5.26 Å². The van der Waals surface area contributed by atoms with Crippen LogP contribution in [0.4, 0.5) is 5.13 Å². The van der Waals surface area contributed by atoms with E-state index in [9.17, 15) is 19.5 Å². The number of rotatable bonds is 7. The van der Waals surface area contributed by atoms with Crippen molar-refractivity contribution in [1.82, 2.24) is 35.4 Å². The van der Waals surface area contributed by atoms with Gasteiger partial charge in [0.05, 0.1) is 17.3 Å². The van der Waals surface area contributed by atoms with Crippen molar-refractivity contribution in [3.63, 3.8) is 0 Å². The molecule has 4 heterocycles. The van der Waals surface area contributed by atoms with Gasteiger partial charge in [0.25, 0.3) is 11.8 Å². The summed E-state index contributed by atoms with van der Waals surface area (Å²) in [6.45, 7) is 0. The SMILES string of the molecule is Cn1nnnc1SCC1=C(C(=O)O)N2C(=O)C(NC(=O)C(=CC#N)c3csc(N)n3)[C@@H]2SC1. The first-order chi connectivity index (χ1) is 15.8. The Morgan fingerprint density at radius 1 is 1.52 bits per heavy atom. The highest BCUT2D eigenvalue weighted by molar-refractivity contribution is 8.01. The summed E-state index contributed by atoms with van der Waals surface area (Å²) in [5.74, 6) is -1.80. The van der Waals surface area contributed by atoms with Crippen LogP contribution in [0.1, 0.15) is 5.69 Å². The fourth-order valence-electron chi connectivity index (χ4n) is 3.24. The zero-order valence-electron chi connectivity index (χ0n) is 16.8. The Morgan fingerprint density at radius 2 is 2.30 bits per heavy atom. The molecule has 0 saturated carbocycles. The lowest BCUT2D eigenvalue weighted by atomic mass is 10.0. The summed E-state index contributed by atoms with van der Waals surface area (Å²) in [6.07, 6.45) is 1.03. The number of carboxylic acid groups (broad SMARTS) is 1. The number of nitrogens with one attached hydrogen (secondary N) is 1. The third kappa shape index (κ3) is 4.29. The number of amides is 2. The normalized spacial score (nSPS) is 20.2. The lowest BCUT2D eigenvalue weighted by Crippen LogP contribution is -2.70. The number of aliphatic carboxylic acids is 1. The summed E-state index contributed by atoms with van der Waals surface area (Å²) in [5.41, 5.74) is 6.26. The maximum absolute atomic E-state index is 12.8. The highest BCUT2D eigenvalue weighted by Gasteiger charge is 2.54. The molecule has 0 aliphatic carbocycles. The highest BCUT2D eigenvalue weighted by atomic mass is 32.2. The van der Waals surface area contributed by atoms with Gasteiger partial charge in [-0.15, -0.1) is 28.2 Å². The molecule has 13 nitrogen and oxygen atoms in total. The molecular weight excluding hydrogens is 490 g/mol. The van der Waals surface area contributed by atoms with Crippen molar-refractivity contribution >= 4 is 63.3 Å². The van der Waals surface area contributed by atoms with E-state index in [1.807, 2.05) is 0 Å². The molecule has 2 aromatic heterocycles. The average Bonchev–Trinajstić information content (AvgIpc) is 3.40. The van der Waals surface area contributed by atoms with Crippen LogP contribution in [-0.4, -0.2) is 75.9 Å². The molecule has 2 aliphatic heterocycles. The predicted molar refractivity (Wildman–Crippen MR) is 119 cm³/mol. The van der Waals surface area contributed by atoms with E-state index in [1.165, 1.54) is 38.5 Å². The van der Waals surface area contributed by atoms with Gasteiger partial charge in [0.1, 0.15) is 17.1 Å². The number of carbonyl (C=O) groups excluding carboxylic acids is 2. The van der Waals surface area contributed by atoms with Gasteiger partial charge in [-0.25, -0.2) is 14.5 Å². The third-order valence-corrected chi connectivity index (χ3v) is 7.85. The standard InChI is InChI=1S/C17H15N9O4S3/c1-25-17(22-23-24-25)33-5-7-4-31-14-10(13(28)26(14)11(7)15(29)30)21-12(27)8(2-3-18)9-6-32-16(19)20-9/h2,6,10,14H,4-5H2,1H3,(H2,19,20)(H,21,27)(H,29,30)/t10?,14-/m0/s1. The van der Waals surface area contributed by atoms with E-state index in [1.54, 1.807) is 13.1 Å². The molecule has 0 radical (unpaired) electrons. The van der Waals surface area contributed by atoms with Crippen molar-refractivity contribution in [3.05, 3.63) is 28.4 Å². The first-order valence-electron chi connectivity index (χ1n) is 9.19. The van der Waals surface area contributed by atoms with Gasteiger partial charge in [-0.3, -0.25) is 14.5 Å². The molecular formula is C17H15N9O4S3. The van der Waals surface area contributed by atoms with Gasteiger partial charge in [-0.1, -0.05) is 11.8 Å². The number of nitrogens with two attached hydrogens (primary N) is 1. The summed E-state index contributed by atoms with van der Waals surface area (Å²) < 4.78 is 1.47. The molecule has 33 heavy (non-hydrogen) atoms. The Balaban J connectivity index is 1.50. The number of hydrogen-bond acceptors (Lipinski definition) is 12. The number of aromatic nitrogens is 5. The molecule has 2 aliphatic rings. The largest absolute Gasteiger partial charge is 0.477 e. The van der Waals surface area contributed by atoms with E-state index in [0.29, 0.717) is 16.5 Å². The van der Waals surface area contributed by atoms with Gasteiger partial charge in [0, 0.05) is 30.0 Å². The number of aryl methyl sites for hydroxylation is 1. The molecule has 0 bridgehead atoms. The number of nitriles is 1. The molecule has 2 amide bonds. The molecule has 16 heteroatoms. The average molecular weight is 506 g/mol. The first kappa shape index (κ1) is 22.8. The Labute approximate surface area is 198 Å². The van der Waals surface area contributed by atoms with E-state index >= 15 is 0 Å². The predicted octanol–water partition coefficient (Wildman–Crippen LogP) is -0.313. The minimum atomic E-state index is -1.23. The number of allylic oxidation sites excluding steroid dienone is 1. The van der Waals surface area contributed by atoms with Crippen LogP contribution in [0.25, 0.3) is 5.57 Å². The zero-order valence-corrected chi connectivity index (χ0v) is 19.3. The number of β-lactam (4-membered cyclic amide) rings is 1. The van der Waals surface area contributed by atoms with Crippen molar-refractivity contribution in [2.45, 2.75) is 16.6 Å². The van der Waals surface area contributed by atoms with Gasteiger partial charge < -0.3 is 16.2 Å². The van der Waals surface area contributed by atoms with Gasteiger partial charge in [-0.05, 0) is 16.0 Å². The topological polar surface area (TPSA) is 193 Å². The summed E-state index contributed by atoms with van der Waals surface area (Å²) in [5, 5.41) is 34.2.